The van der Waals surface area contributed by atoms with Crippen molar-refractivity contribution in [1.29, 1.82) is 0 Å². The number of hydrogen-bond donors (Lipinski definition) is 2. The number of amidine groups is 1. The van der Waals surface area contributed by atoms with Crippen molar-refractivity contribution in [3.8, 4) is 5.75 Å². The Labute approximate surface area is 153 Å². The Bertz CT molecular complexity index is 611. The fourth-order valence-electron chi connectivity index (χ4n) is 1.96. The average Bonchev–Trinajstić information content (AvgIpc) is 2.44. The van der Waals surface area contributed by atoms with Gasteiger partial charge in [-0.2, -0.15) is 22.0 Å². The van der Waals surface area contributed by atoms with Crippen molar-refractivity contribution in [2.24, 2.45) is 10.7 Å². The van der Waals surface area contributed by atoms with E-state index in [1.807, 2.05) is 0 Å². The van der Waals surface area contributed by atoms with Crippen molar-refractivity contribution in [2.75, 3.05) is 13.1 Å². The summed E-state index contributed by atoms with van der Waals surface area (Å²) in [5, 5.41) is 2.11. The number of aliphatic imine (C=N–C) groups is 1. The first-order valence-corrected chi connectivity index (χ1v) is 6.89. The van der Waals surface area contributed by atoms with E-state index in [4.69, 9.17) is 10.5 Å². The van der Waals surface area contributed by atoms with Crippen LogP contribution >= 0.6 is 24.8 Å². The van der Waals surface area contributed by atoms with Crippen LogP contribution in [0.5, 0.6) is 5.75 Å². The van der Waals surface area contributed by atoms with E-state index in [0.29, 0.717) is 17.3 Å². The first-order chi connectivity index (χ1) is 10.6. The molecule has 4 nitrogen and oxygen atoms in total. The van der Waals surface area contributed by atoms with Crippen LogP contribution in [0, 0.1) is 0 Å². The van der Waals surface area contributed by atoms with E-state index in [1.54, 1.807) is 25.1 Å². The maximum atomic E-state index is 12.7. The van der Waals surface area contributed by atoms with Crippen LogP contribution in [-0.2, 0) is 6.42 Å². The predicted molar refractivity (Wildman–Crippen MR) is 89.9 cm³/mol. The first-order valence-electron chi connectivity index (χ1n) is 6.89. The minimum atomic E-state index is -5.55. The van der Waals surface area contributed by atoms with Gasteiger partial charge in [0.05, 0.1) is 6.54 Å². The van der Waals surface area contributed by atoms with Crippen LogP contribution in [0.25, 0.3) is 0 Å². The molecule has 144 valence electrons. The minimum absolute atomic E-state index is 0. The highest BCUT2D eigenvalue weighted by molar-refractivity contribution is 5.89. The Morgan fingerprint density at radius 3 is 2.44 bits per heavy atom. The molecule has 3 N–H and O–H groups in total. The number of nitrogens with one attached hydrogen (secondary N) is 1. The van der Waals surface area contributed by atoms with Gasteiger partial charge in [0.25, 0.3) is 0 Å². The van der Waals surface area contributed by atoms with Crippen LogP contribution in [0.2, 0.25) is 0 Å². The van der Waals surface area contributed by atoms with Crippen molar-refractivity contribution in [3.05, 3.63) is 23.8 Å². The Morgan fingerprint density at radius 2 is 1.84 bits per heavy atom. The molecule has 11 heteroatoms. The molecule has 0 saturated carbocycles. The van der Waals surface area contributed by atoms with Gasteiger partial charge in [-0.1, -0.05) is 6.07 Å². The molecular weight excluding hydrogens is 392 g/mol. The summed E-state index contributed by atoms with van der Waals surface area (Å²) in [6.07, 6.45) is -5.61. The zero-order valence-electron chi connectivity index (χ0n) is 13.1. The van der Waals surface area contributed by atoms with Crippen LogP contribution in [0.1, 0.15) is 12.5 Å². The number of halogens is 7. The van der Waals surface area contributed by atoms with E-state index < -0.39 is 18.6 Å². The summed E-state index contributed by atoms with van der Waals surface area (Å²) in [6.45, 7) is 0.272. The summed E-state index contributed by atoms with van der Waals surface area (Å²) in [6, 6.07) is 5.03. The number of fused-ring (bicyclic) bond motifs is 1. The summed E-state index contributed by atoms with van der Waals surface area (Å²) in [4.78, 5) is 4.17. The number of nitrogens with zero attached hydrogens (tertiary/aromatic N) is 1. The smallest absolute Gasteiger partial charge is 0.454 e. The summed E-state index contributed by atoms with van der Waals surface area (Å²) in [7, 11) is 0. The van der Waals surface area contributed by atoms with Gasteiger partial charge in [0.2, 0.25) is 0 Å². The van der Waals surface area contributed by atoms with Crippen LogP contribution in [-0.4, -0.2) is 37.1 Å². The minimum Gasteiger partial charge on any atom is -0.481 e. The zero-order valence-corrected chi connectivity index (χ0v) is 14.7. The van der Waals surface area contributed by atoms with Crippen LogP contribution in [0.15, 0.2) is 23.2 Å². The SMILES string of the molecule is C[C@H]1Oc2ccc(CCNCC(F)(F)C(F)(F)F)cc2N=C1N.Cl.Cl. The van der Waals surface area contributed by atoms with Gasteiger partial charge in [-0.25, -0.2) is 4.99 Å². The van der Waals surface area contributed by atoms with Crippen molar-refractivity contribution in [1.82, 2.24) is 5.32 Å². The molecule has 0 aromatic heterocycles. The van der Waals surface area contributed by atoms with Crippen molar-refractivity contribution in [3.63, 3.8) is 0 Å². The molecule has 0 fully saturated rings. The van der Waals surface area contributed by atoms with Gasteiger partial charge in [-0.05, 0) is 37.6 Å². The fourth-order valence-corrected chi connectivity index (χ4v) is 1.96. The quantitative estimate of drug-likeness (QED) is 0.576. The Kier molecular flexibility index (Phi) is 8.40. The molecule has 0 spiro atoms. The Morgan fingerprint density at radius 1 is 1.20 bits per heavy atom. The van der Waals surface area contributed by atoms with Gasteiger partial charge in [0.15, 0.2) is 6.10 Å². The summed E-state index contributed by atoms with van der Waals surface area (Å²) in [5.41, 5.74) is 6.91. The molecule has 0 unspecified atom stereocenters. The highest BCUT2D eigenvalue weighted by Gasteiger charge is 2.56. The molecule has 1 aliphatic rings. The lowest BCUT2D eigenvalue weighted by molar-refractivity contribution is -0.279. The molecule has 0 radical (unpaired) electrons. The molecule has 1 aromatic carbocycles. The molecule has 0 saturated heterocycles. The topological polar surface area (TPSA) is 59.6 Å². The lowest BCUT2D eigenvalue weighted by Gasteiger charge is -2.21. The molecule has 25 heavy (non-hydrogen) atoms. The molecule has 0 aliphatic carbocycles. The molecule has 0 amide bonds. The number of hydrogen-bond acceptors (Lipinski definition) is 4. The van der Waals surface area contributed by atoms with E-state index in [9.17, 15) is 22.0 Å². The van der Waals surface area contributed by atoms with E-state index >= 15 is 0 Å². The molecule has 1 aromatic rings. The van der Waals surface area contributed by atoms with Gasteiger partial charge >= 0.3 is 12.1 Å². The normalized spacial score (nSPS) is 16.7. The summed E-state index contributed by atoms with van der Waals surface area (Å²) < 4.78 is 67.0. The van der Waals surface area contributed by atoms with Gasteiger partial charge in [-0.3, -0.25) is 0 Å². The monoisotopic (exact) mass is 409 g/mol. The molecular formula is C14H18Cl2F5N3O. The number of nitrogens with two attached hydrogens (primary N) is 1. The second-order valence-corrected chi connectivity index (χ2v) is 5.23. The largest absolute Gasteiger partial charge is 0.481 e. The second-order valence-electron chi connectivity index (χ2n) is 5.23. The van der Waals surface area contributed by atoms with Gasteiger partial charge in [0, 0.05) is 0 Å². The lowest BCUT2D eigenvalue weighted by Crippen LogP contribution is -2.45. The third kappa shape index (κ3) is 5.86. The summed E-state index contributed by atoms with van der Waals surface area (Å²) in [5.74, 6) is -3.88. The van der Waals surface area contributed by atoms with E-state index in [1.165, 1.54) is 0 Å². The van der Waals surface area contributed by atoms with Crippen molar-refractivity contribution < 1.29 is 26.7 Å². The van der Waals surface area contributed by atoms with E-state index in [0.717, 1.165) is 5.56 Å². The van der Waals surface area contributed by atoms with Gasteiger partial charge in [0.1, 0.15) is 17.3 Å². The highest BCUT2D eigenvalue weighted by atomic mass is 35.5. The van der Waals surface area contributed by atoms with Crippen molar-refractivity contribution in [2.45, 2.75) is 31.5 Å². The molecule has 2 rings (SSSR count). The third-order valence-corrected chi connectivity index (χ3v) is 3.35. The Balaban J connectivity index is 0.00000288. The zero-order chi connectivity index (χ0) is 17.3. The predicted octanol–water partition coefficient (Wildman–Crippen LogP) is 3.63. The standard InChI is InChI=1S/C14H16F5N3O.2ClH/c1-8-12(20)22-10-6-9(2-3-11(10)23-8)4-5-21-7-13(15,16)14(17,18)19;;/h2-3,6,8,21H,4-5,7H2,1H3,(H2,20,22);2*1H/t8-;;/m1../s1. The number of alkyl halides is 5. The second kappa shape index (κ2) is 8.86. The third-order valence-electron chi connectivity index (χ3n) is 3.35. The highest BCUT2D eigenvalue weighted by Crippen LogP contribution is 2.35. The van der Waals surface area contributed by atoms with E-state index in [-0.39, 0.29) is 43.9 Å². The Hall–Kier alpha value is -1.32. The maximum absolute atomic E-state index is 12.7. The number of rotatable bonds is 5. The first kappa shape index (κ1) is 23.7. The number of ether oxygens (including phenoxy) is 1. The van der Waals surface area contributed by atoms with Crippen LogP contribution in [0.4, 0.5) is 27.6 Å². The van der Waals surface area contributed by atoms with Crippen molar-refractivity contribution >= 4 is 36.3 Å². The van der Waals surface area contributed by atoms with Gasteiger partial charge < -0.3 is 15.8 Å². The molecule has 1 atom stereocenters. The summed E-state index contributed by atoms with van der Waals surface area (Å²) >= 11 is 0. The molecule has 0 bridgehead atoms. The molecule has 1 heterocycles. The van der Waals surface area contributed by atoms with E-state index in [2.05, 4.69) is 10.3 Å². The molecule has 1 aliphatic heterocycles. The van der Waals surface area contributed by atoms with Crippen LogP contribution in [0.3, 0.4) is 0 Å². The average molecular weight is 410 g/mol. The van der Waals surface area contributed by atoms with Gasteiger partial charge in [-0.15, -0.1) is 24.8 Å². The number of benzene rings is 1. The van der Waals surface area contributed by atoms with Crippen LogP contribution < -0.4 is 15.8 Å². The maximum Gasteiger partial charge on any atom is 0.454 e. The lowest BCUT2D eigenvalue weighted by atomic mass is 10.1. The fraction of sp³-hybridized carbons (Fsp3) is 0.500.